The normalized spacial score (nSPS) is 25.9. The summed E-state index contributed by atoms with van der Waals surface area (Å²) in [4.78, 5) is 10.6. The van der Waals surface area contributed by atoms with Crippen LogP contribution in [0.15, 0.2) is 18.2 Å². The first-order valence-electron chi connectivity index (χ1n) is 7.59. The van der Waals surface area contributed by atoms with Gasteiger partial charge in [0.1, 0.15) is 5.69 Å². The molecule has 1 aliphatic carbocycles. The molecule has 4 nitrogen and oxygen atoms in total. The average molecular weight is 294 g/mol. The fraction of sp³-hybridized carbons (Fsp3) is 0.625. The Kier molecular flexibility index (Phi) is 4.80. The maximum Gasteiger partial charge on any atom is 0.295 e. The summed E-state index contributed by atoms with van der Waals surface area (Å²) in [5.74, 6) is 0.898. The highest BCUT2D eigenvalue weighted by Crippen LogP contribution is 2.37. The van der Waals surface area contributed by atoms with Crippen molar-refractivity contribution in [3.63, 3.8) is 0 Å². The van der Waals surface area contributed by atoms with E-state index >= 15 is 0 Å². The van der Waals surface area contributed by atoms with Gasteiger partial charge in [0.2, 0.25) is 0 Å². The highest BCUT2D eigenvalue weighted by molar-refractivity contribution is 5.62. The Morgan fingerprint density at radius 2 is 2.10 bits per heavy atom. The second kappa shape index (κ2) is 6.41. The molecule has 0 radical (unpaired) electrons. The molecule has 1 aromatic carbocycles. The Labute approximate surface area is 124 Å². The molecule has 116 valence electrons. The van der Waals surface area contributed by atoms with E-state index < -0.39 is 10.7 Å². The van der Waals surface area contributed by atoms with Gasteiger partial charge in [-0.2, -0.15) is 0 Å². The molecule has 1 N–H and O–H groups in total. The van der Waals surface area contributed by atoms with Crippen LogP contribution in [0.5, 0.6) is 0 Å². The molecule has 0 aromatic heterocycles. The maximum atomic E-state index is 14.0. The van der Waals surface area contributed by atoms with Gasteiger partial charge in [-0.05, 0) is 36.7 Å². The molecule has 0 spiro atoms. The number of nitro benzene ring substituents is 1. The van der Waals surface area contributed by atoms with E-state index in [0.717, 1.165) is 12.8 Å². The minimum atomic E-state index is -0.551. The standard InChI is InChI=1S/C16H23FN2O2/c1-10(2)12-8-7-11(3)9-14(12)18-16-13(17)5-4-6-15(16)19(20)21/h4-6,10-12,14,18H,7-9H2,1-3H3. The second-order valence-corrected chi connectivity index (χ2v) is 6.47. The zero-order valence-corrected chi connectivity index (χ0v) is 12.8. The van der Waals surface area contributed by atoms with Crippen molar-refractivity contribution in [2.24, 2.45) is 17.8 Å². The fourth-order valence-corrected chi connectivity index (χ4v) is 3.36. The molecule has 1 aromatic rings. The van der Waals surface area contributed by atoms with E-state index in [1.165, 1.54) is 24.6 Å². The highest BCUT2D eigenvalue weighted by Gasteiger charge is 2.32. The number of hydrogen-bond acceptors (Lipinski definition) is 3. The first-order valence-corrected chi connectivity index (χ1v) is 7.59. The van der Waals surface area contributed by atoms with E-state index in [-0.39, 0.29) is 17.4 Å². The summed E-state index contributed by atoms with van der Waals surface area (Å²) in [6, 6.07) is 4.08. The second-order valence-electron chi connectivity index (χ2n) is 6.47. The first-order chi connectivity index (χ1) is 9.90. The minimum Gasteiger partial charge on any atom is -0.374 e. The molecule has 0 bridgehead atoms. The van der Waals surface area contributed by atoms with Crippen LogP contribution in [0.25, 0.3) is 0 Å². The minimum absolute atomic E-state index is 0.0345. The van der Waals surface area contributed by atoms with Crippen LogP contribution in [-0.4, -0.2) is 11.0 Å². The van der Waals surface area contributed by atoms with Crippen LogP contribution in [-0.2, 0) is 0 Å². The molecule has 0 aliphatic heterocycles. The molecule has 1 aliphatic rings. The van der Waals surface area contributed by atoms with E-state index in [2.05, 4.69) is 26.1 Å². The number of nitrogens with one attached hydrogen (secondary N) is 1. The number of benzene rings is 1. The first kappa shape index (κ1) is 15.7. The number of nitro groups is 1. The molecular formula is C16H23FN2O2. The lowest BCUT2D eigenvalue weighted by Gasteiger charge is -2.38. The molecule has 1 saturated carbocycles. The predicted octanol–water partition coefficient (Wildman–Crippen LogP) is 4.61. The third kappa shape index (κ3) is 3.52. The SMILES string of the molecule is CC1CCC(C(C)C)C(Nc2c(F)cccc2[N+](=O)[O-])C1. The third-order valence-corrected chi connectivity index (χ3v) is 4.54. The molecule has 0 amide bonds. The predicted molar refractivity (Wildman–Crippen MR) is 81.8 cm³/mol. The Balaban J connectivity index is 2.28. The number of halogens is 1. The van der Waals surface area contributed by atoms with Gasteiger partial charge in [-0.3, -0.25) is 10.1 Å². The van der Waals surface area contributed by atoms with E-state index in [1.54, 1.807) is 0 Å². The quantitative estimate of drug-likeness (QED) is 0.652. The van der Waals surface area contributed by atoms with Crippen molar-refractivity contribution in [2.75, 3.05) is 5.32 Å². The Morgan fingerprint density at radius 3 is 2.71 bits per heavy atom. The van der Waals surface area contributed by atoms with E-state index in [4.69, 9.17) is 0 Å². The van der Waals surface area contributed by atoms with Crippen molar-refractivity contribution < 1.29 is 9.31 Å². The van der Waals surface area contributed by atoms with Gasteiger partial charge in [0, 0.05) is 12.1 Å². The van der Waals surface area contributed by atoms with Gasteiger partial charge in [-0.25, -0.2) is 4.39 Å². The van der Waals surface area contributed by atoms with Crippen LogP contribution in [0.2, 0.25) is 0 Å². The third-order valence-electron chi connectivity index (χ3n) is 4.54. The molecule has 1 fully saturated rings. The summed E-state index contributed by atoms with van der Waals surface area (Å²) in [7, 11) is 0. The van der Waals surface area contributed by atoms with Crippen LogP contribution >= 0.6 is 0 Å². The Morgan fingerprint density at radius 1 is 1.38 bits per heavy atom. The Hall–Kier alpha value is -1.65. The number of anilines is 1. The monoisotopic (exact) mass is 294 g/mol. The number of hydrogen-bond donors (Lipinski definition) is 1. The van der Waals surface area contributed by atoms with Gasteiger partial charge < -0.3 is 5.32 Å². The summed E-state index contributed by atoms with van der Waals surface area (Å²) >= 11 is 0. The van der Waals surface area contributed by atoms with E-state index in [1.807, 2.05) is 0 Å². The van der Waals surface area contributed by atoms with Crippen molar-refractivity contribution in [3.05, 3.63) is 34.1 Å². The molecule has 0 saturated heterocycles. The van der Waals surface area contributed by atoms with Gasteiger partial charge in [0.15, 0.2) is 5.82 Å². The lowest BCUT2D eigenvalue weighted by molar-refractivity contribution is -0.384. The molecule has 5 heteroatoms. The van der Waals surface area contributed by atoms with Crippen molar-refractivity contribution in [1.82, 2.24) is 0 Å². The van der Waals surface area contributed by atoms with Crippen molar-refractivity contribution in [3.8, 4) is 0 Å². The van der Waals surface area contributed by atoms with Crippen LogP contribution < -0.4 is 5.32 Å². The number of rotatable bonds is 4. The molecule has 3 atom stereocenters. The largest absolute Gasteiger partial charge is 0.374 e. The van der Waals surface area contributed by atoms with Crippen LogP contribution in [0.4, 0.5) is 15.8 Å². The molecular weight excluding hydrogens is 271 g/mol. The molecule has 21 heavy (non-hydrogen) atoms. The van der Waals surface area contributed by atoms with Crippen molar-refractivity contribution >= 4 is 11.4 Å². The van der Waals surface area contributed by atoms with Gasteiger partial charge >= 0.3 is 0 Å². The molecule has 2 rings (SSSR count). The maximum absolute atomic E-state index is 14.0. The summed E-state index contributed by atoms with van der Waals surface area (Å²) in [5.41, 5.74) is -0.150. The topological polar surface area (TPSA) is 55.2 Å². The zero-order chi connectivity index (χ0) is 15.6. The van der Waals surface area contributed by atoms with Crippen molar-refractivity contribution in [1.29, 1.82) is 0 Å². The molecule has 0 heterocycles. The van der Waals surface area contributed by atoms with E-state index in [9.17, 15) is 14.5 Å². The van der Waals surface area contributed by atoms with Gasteiger partial charge in [-0.15, -0.1) is 0 Å². The fourth-order valence-electron chi connectivity index (χ4n) is 3.36. The summed E-state index contributed by atoms with van der Waals surface area (Å²) in [6.07, 6.45) is 3.17. The highest BCUT2D eigenvalue weighted by atomic mass is 19.1. The van der Waals surface area contributed by atoms with Crippen LogP contribution in [0, 0.1) is 33.7 Å². The lowest BCUT2D eigenvalue weighted by atomic mass is 9.74. The number of para-hydroxylation sites is 1. The Bertz CT molecular complexity index is 519. The average Bonchev–Trinajstić information content (AvgIpc) is 2.40. The van der Waals surface area contributed by atoms with E-state index in [0.29, 0.717) is 17.8 Å². The number of nitrogens with zero attached hydrogens (tertiary/aromatic N) is 1. The van der Waals surface area contributed by atoms with Crippen LogP contribution in [0.1, 0.15) is 40.0 Å². The zero-order valence-electron chi connectivity index (χ0n) is 12.8. The smallest absolute Gasteiger partial charge is 0.295 e. The van der Waals surface area contributed by atoms with Crippen LogP contribution in [0.3, 0.4) is 0 Å². The lowest BCUT2D eigenvalue weighted by Crippen LogP contribution is -2.38. The van der Waals surface area contributed by atoms with Gasteiger partial charge in [0.25, 0.3) is 5.69 Å². The summed E-state index contributed by atoms with van der Waals surface area (Å²) in [5, 5.41) is 14.2. The van der Waals surface area contributed by atoms with Gasteiger partial charge in [0.05, 0.1) is 4.92 Å². The summed E-state index contributed by atoms with van der Waals surface area (Å²) < 4.78 is 14.0. The molecule has 3 unspecified atom stereocenters. The summed E-state index contributed by atoms with van der Waals surface area (Å²) in [6.45, 7) is 6.50. The van der Waals surface area contributed by atoms with Crippen molar-refractivity contribution in [2.45, 2.75) is 46.1 Å². The van der Waals surface area contributed by atoms with Gasteiger partial charge in [-0.1, -0.05) is 33.3 Å².